The van der Waals surface area contributed by atoms with Crippen molar-refractivity contribution in [3.63, 3.8) is 0 Å². The van der Waals surface area contributed by atoms with Crippen molar-refractivity contribution in [3.05, 3.63) is 72.3 Å². The monoisotopic (exact) mass is 362 g/mol. The van der Waals surface area contributed by atoms with E-state index in [1.54, 1.807) is 0 Å². The lowest BCUT2D eigenvalue weighted by Crippen LogP contribution is -2.30. The summed E-state index contributed by atoms with van der Waals surface area (Å²) in [6.07, 6.45) is 0.927. The van der Waals surface area contributed by atoms with Gasteiger partial charge in [0.15, 0.2) is 0 Å². The number of likely N-dealkylation sites (N-methyl/N-ethyl adjacent to an activating group) is 1. The number of hydrogen-bond acceptors (Lipinski definition) is 3. The van der Waals surface area contributed by atoms with Crippen molar-refractivity contribution < 1.29 is 9.53 Å². The van der Waals surface area contributed by atoms with Crippen molar-refractivity contribution in [2.75, 3.05) is 25.5 Å². The molecule has 27 heavy (non-hydrogen) atoms. The van der Waals surface area contributed by atoms with E-state index in [0.29, 0.717) is 25.4 Å². The minimum atomic E-state index is -0.0502. The highest BCUT2D eigenvalue weighted by atomic mass is 16.5. The summed E-state index contributed by atoms with van der Waals surface area (Å²) >= 11 is 0. The minimum Gasteiger partial charge on any atom is -0.491 e. The lowest BCUT2D eigenvalue weighted by atomic mass is 10.1. The van der Waals surface area contributed by atoms with Gasteiger partial charge in [0.2, 0.25) is 5.91 Å². The third-order valence-electron chi connectivity index (χ3n) is 4.30. The van der Waals surface area contributed by atoms with Gasteiger partial charge in [0.25, 0.3) is 0 Å². The number of benzene rings is 3. The lowest BCUT2D eigenvalue weighted by molar-refractivity contribution is -0.117. The summed E-state index contributed by atoms with van der Waals surface area (Å²) in [5.41, 5.74) is 1.91. The van der Waals surface area contributed by atoms with Crippen molar-refractivity contribution in [3.8, 4) is 5.75 Å². The molecule has 4 heteroatoms. The van der Waals surface area contributed by atoms with Gasteiger partial charge in [-0.1, -0.05) is 55.5 Å². The summed E-state index contributed by atoms with van der Waals surface area (Å²) in [6, 6.07) is 22.3. The lowest BCUT2D eigenvalue weighted by Gasteiger charge is -2.18. The zero-order valence-electron chi connectivity index (χ0n) is 15.9. The average molecular weight is 362 g/mol. The summed E-state index contributed by atoms with van der Waals surface area (Å²) in [6.45, 7) is 3.72. The quantitative estimate of drug-likeness (QED) is 0.631. The van der Waals surface area contributed by atoms with E-state index in [-0.39, 0.29) is 5.91 Å². The Balaban J connectivity index is 1.58. The molecule has 0 heterocycles. The van der Waals surface area contributed by atoms with Crippen molar-refractivity contribution >= 4 is 22.4 Å². The summed E-state index contributed by atoms with van der Waals surface area (Å²) in [5.74, 6) is 0.663. The Hall–Kier alpha value is -2.85. The van der Waals surface area contributed by atoms with Crippen LogP contribution in [0.4, 0.5) is 5.69 Å². The standard InChI is InChI=1S/C23H26N2O2/c1-3-14-27-22-11-7-6-10-21(22)24-23(26)17-25(2)16-18-12-13-19-8-4-5-9-20(19)15-18/h4-13,15H,3,14,16-17H2,1-2H3,(H,24,26). The summed E-state index contributed by atoms with van der Waals surface area (Å²) in [4.78, 5) is 14.5. The number of anilines is 1. The molecule has 0 fully saturated rings. The molecule has 0 aliphatic carbocycles. The molecule has 0 aromatic heterocycles. The van der Waals surface area contributed by atoms with Gasteiger partial charge in [-0.05, 0) is 48.0 Å². The van der Waals surface area contributed by atoms with Gasteiger partial charge in [0.1, 0.15) is 5.75 Å². The molecule has 140 valence electrons. The molecule has 3 aromatic carbocycles. The second-order valence-corrected chi connectivity index (χ2v) is 6.75. The van der Waals surface area contributed by atoms with Crippen LogP contribution in [0.3, 0.4) is 0 Å². The van der Waals surface area contributed by atoms with Gasteiger partial charge in [-0.15, -0.1) is 0 Å². The number of fused-ring (bicyclic) bond motifs is 1. The van der Waals surface area contributed by atoms with E-state index in [9.17, 15) is 4.79 Å². The number of ether oxygens (including phenoxy) is 1. The van der Waals surface area contributed by atoms with Crippen molar-refractivity contribution in [2.45, 2.75) is 19.9 Å². The number of rotatable bonds is 8. The van der Waals surface area contributed by atoms with Gasteiger partial charge in [-0.25, -0.2) is 0 Å². The zero-order chi connectivity index (χ0) is 19.1. The largest absolute Gasteiger partial charge is 0.491 e. The molecule has 0 radical (unpaired) electrons. The molecular formula is C23H26N2O2. The molecule has 0 saturated carbocycles. The number of amides is 1. The fourth-order valence-corrected chi connectivity index (χ4v) is 3.05. The molecule has 0 atom stereocenters. The van der Waals surface area contributed by atoms with E-state index in [2.05, 4.69) is 42.6 Å². The van der Waals surface area contributed by atoms with Gasteiger partial charge in [0, 0.05) is 6.54 Å². The van der Waals surface area contributed by atoms with Crippen LogP contribution in [0.5, 0.6) is 5.75 Å². The Morgan fingerprint density at radius 1 is 1.00 bits per heavy atom. The van der Waals surface area contributed by atoms with Crippen LogP contribution in [0.1, 0.15) is 18.9 Å². The van der Waals surface area contributed by atoms with E-state index in [0.717, 1.165) is 12.1 Å². The number of carbonyl (C=O) groups is 1. The average Bonchev–Trinajstić information content (AvgIpc) is 2.67. The second kappa shape index (κ2) is 9.19. The number of carbonyl (C=O) groups excluding carboxylic acids is 1. The Morgan fingerprint density at radius 2 is 1.74 bits per heavy atom. The van der Waals surface area contributed by atoms with Crippen molar-refractivity contribution in [1.29, 1.82) is 0 Å². The highest BCUT2D eigenvalue weighted by molar-refractivity contribution is 5.93. The van der Waals surface area contributed by atoms with E-state index >= 15 is 0 Å². The van der Waals surface area contributed by atoms with Crippen molar-refractivity contribution in [2.24, 2.45) is 0 Å². The SMILES string of the molecule is CCCOc1ccccc1NC(=O)CN(C)Cc1ccc2ccccc2c1. The Morgan fingerprint density at radius 3 is 2.56 bits per heavy atom. The molecule has 3 rings (SSSR count). The minimum absolute atomic E-state index is 0.0502. The fourth-order valence-electron chi connectivity index (χ4n) is 3.05. The van der Waals surface area contributed by atoms with Gasteiger partial charge >= 0.3 is 0 Å². The predicted octanol–water partition coefficient (Wildman–Crippen LogP) is 4.70. The molecule has 4 nitrogen and oxygen atoms in total. The van der Waals surface area contributed by atoms with Crippen LogP contribution in [0.2, 0.25) is 0 Å². The molecule has 0 aliphatic heterocycles. The van der Waals surface area contributed by atoms with Gasteiger partial charge < -0.3 is 10.1 Å². The summed E-state index contributed by atoms with van der Waals surface area (Å²) in [5, 5.41) is 5.40. The number of nitrogens with zero attached hydrogens (tertiary/aromatic N) is 1. The summed E-state index contributed by atoms with van der Waals surface area (Å²) < 4.78 is 5.70. The van der Waals surface area contributed by atoms with Crippen LogP contribution in [0.15, 0.2) is 66.7 Å². The Kier molecular flexibility index (Phi) is 6.44. The van der Waals surface area contributed by atoms with E-state index in [4.69, 9.17) is 4.74 Å². The maximum absolute atomic E-state index is 12.4. The Labute approximate surface area is 160 Å². The van der Waals surface area contributed by atoms with Gasteiger partial charge in [-0.3, -0.25) is 9.69 Å². The van der Waals surface area contributed by atoms with E-state index < -0.39 is 0 Å². The number of para-hydroxylation sites is 2. The molecule has 1 N–H and O–H groups in total. The molecular weight excluding hydrogens is 336 g/mol. The van der Waals surface area contributed by atoms with Crippen LogP contribution in [0, 0.1) is 0 Å². The van der Waals surface area contributed by atoms with Crippen LogP contribution in [-0.2, 0) is 11.3 Å². The van der Waals surface area contributed by atoms with Crippen LogP contribution < -0.4 is 10.1 Å². The van der Waals surface area contributed by atoms with Crippen LogP contribution in [-0.4, -0.2) is 31.0 Å². The molecule has 0 aliphatic rings. The number of hydrogen-bond donors (Lipinski definition) is 1. The molecule has 1 amide bonds. The molecule has 0 saturated heterocycles. The van der Waals surface area contributed by atoms with Crippen LogP contribution in [0.25, 0.3) is 10.8 Å². The maximum atomic E-state index is 12.4. The van der Waals surface area contributed by atoms with Crippen LogP contribution >= 0.6 is 0 Å². The fraction of sp³-hybridized carbons (Fsp3) is 0.261. The summed E-state index contributed by atoms with van der Waals surface area (Å²) in [7, 11) is 1.95. The first-order chi connectivity index (χ1) is 13.2. The second-order valence-electron chi connectivity index (χ2n) is 6.75. The molecule has 0 spiro atoms. The van der Waals surface area contributed by atoms with Crippen molar-refractivity contribution in [1.82, 2.24) is 4.90 Å². The third kappa shape index (κ3) is 5.31. The first-order valence-corrected chi connectivity index (χ1v) is 9.33. The molecule has 0 bridgehead atoms. The number of nitrogens with one attached hydrogen (secondary N) is 1. The normalized spacial score (nSPS) is 10.9. The maximum Gasteiger partial charge on any atom is 0.238 e. The Bertz CT molecular complexity index is 908. The molecule has 3 aromatic rings. The van der Waals surface area contributed by atoms with Gasteiger partial charge in [-0.2, -0.15) is 0 Å². The van der Waals surface area contributed by atoms with Gasteiger partial charge in [0.05, 0.1) is 18.8 Å². The first kappa shape index (κ1) is 18.9. The highest BCUT2D eigenvalue weighted by Crippen LogP contribution is 2.24. The zero-order valence-corrected chi connectivity index (χ0v) is 15.9. The smallest absolute Gasteiger partial charge is 0.238 e. The first-order valence-electron chi connectivity index (χ1n) is 9.33. The highest BCUT2D eigenvalue weighted by Gasteiger charge is 2.11. The third-order valence-corrected chi connectivity index (χ3v) is 4.30. The molecule has 0 unspecified atom stereocenters. The van der Waals surface area contributed by atoms with E-state index in [1.807, 2.05) is 48.3 Å². The topological polar surface area (TPSA) is 41.6 Å². The predicted molar refractivity (Wildman–Crippen MR) is 111 cm³/mol. The van der Waals surface area contributed by atoms with E-state index in [1.165, 1.54) is 16.3 Å².